The van der Waals surface area contributed by atoms with Crippen molar-refractivity contribution in [1.82, 2.24) is 9.97 Å². The summed E-state index contributed by atoms with van der Waals surface area (Å²) >= 11 is 6.30. The Balaban J connectivity index is 1.94. The minimum Gasteiger partial charge on any atom is -0.237 e. The Bertz CT molecular complexity index is 608. The van der Waals surface area contributed by atoms with Crippen molar-refractivity contribution in [2.75, 3.05) is 0 Å². The highest BCUT2D eigenvalue weighted by Gasteiger charge is 2.16. The Morgan fingerprint density at radius 1 is 1.11 bits per heavy atom. The molecule has 0 fully saturated rings. The lowest BCUT2D eigenvalue weighted by Gasteiger charge is -2.16. The molecule has 2 aromatic rings. The van der Waals surface area contributed by atoms with Crippen molar-refractivity contribution in [3.8, 4) is 0 Å². The first kappa shape index (κ1) is 12.6. The Labute approximate surface area is 118 Å². The van der Waals surface area contributed by atoms with Gasteiger partial charge < -0.3 is 0 Å². The number of nitrogens with zero attached hydrogens (tertiary/aromatic N) is 2. The average Bonchev–Trinajstić information content (AvgIpc) is 2.42. The highest BCUT2D eigenvalue weighted by molar-refractivity contribution is 6.30. The van der Waals surface area contributed by atoms with Crippen molar-refractivity contribution >= 4 is 11.6 Å². The highest BCUT2D eigenvalue weighted by atomic mass is 35.5. The summed E-state index contributed by atoms with van der Waals surface area (Å²) in [6, 6.07) is 8.36. The standard InChI is InChI=1S/C16H17ClN2/c1-11-6-2-3-7-12(11)10-15-18-14-9-5-4-8-13(14)16(17)19-15/h2-3,6-7H,4-5,8-10H2,1H3. The third-order valence-corrected chi connectivity index (χ3v) is 4.10. The fourth-order valence-electron chi connectivity index (χ4n) is 2.65. The van der Waals surface area contributed by atoms with Crippen LogP contribution >= 0.6 is 11.6 Å². The number of halogens is 1. The monoisotopic (exact) mass is 272 g/mol. The van der Waals surface area contributed by atoms with E-state index >= 15 is 0 Å². The number of fused-ring (bicyclic) bond motifs is 1. The molecule has 0 spiro atoms. The van der Waals surface area contributed by atoms with E-state index in [0.29, 0.717) is 5.15 Å². The third kappa shape index (κ3) is 2.64. The first-order valence-electron chi connectivity index (χ1n) is 6.82. The van der Waals surface area contributed by atoms with Crippen molar-refractivity contribution in [1.29, 1.82) is 0 Å². The summed E-state index contributed by atoms with van der Waals surface area (Å²) in [4.78, 5) is 9.19. The van der Waals surface area contributed by atoms with Crippen LogP contribution in [0.15, 0.2) is 24.3 Å². The predicted molar refractivity (Wildman–Crippen MR) is 77.7 cm³/mol. The van der Waals surface area contributed by atoms with E-state index in [1.54, 1.807) is 0 Å². The van der Waals surface area contributed by atoms with Crippen molar-refractivity contribution in [3.63, 3.8) is 0 Å². The number of rotatable bonds is 2. The molecule has 0 N–H and O–H groups in total. The van der Waals surface area contributed by atoms with E-state index in [9.17, 15) is 0 Å². The van der Waals surface area contributed by atoms with Crippen molar-refractivity contribution in [2.24, 2.45) is 0 Å². The molecule has 1 aromatic carbocycles. The Morgan fingerprint density at radius 3 is 2.74 bits per heavy atom. The van der Waals surface area contributed by atoms with Crippen LogP contribution in [-0.4, -0.2) is 9.97 Å². The maximum atomic E-state index is 6.30. The van der Waals surface area contributed by atoms with Crippen molar-refractivity contribution < 1.29 is 0 Å². The molecule has 1 aliphatic carbocycles. The van der Waals surface area contributed by atoms with Crippen LogP contribution in [0.3, 0.4) is 0 Å². The SMILES string of the molecule is Cc1ccccc1Cc1nc(Cl)c2c(n1)CCCC2. The third-order valence-electron chi connectivity index (χ3n) is 3.79. The molecule has 0 amide bonds. The lowest BCUT2D eigenvalue weighted by atomic mass is 9.97. The predicted octanol–water partition coefficient (Wildman–Crippen LogP) is 3.91. The van der Waals surface area contributed by atoms with E-state index in [1.165, 1.54) is 29.5 Å². The zero-order valence-electron chi connectivity index (χ0n) is 11.1. The van der Waals surface area contributed by atoms with Gasteiger partial charge in [-0.2, -0.15) is 0 Å². The number of hydrogen-bond acceptors (Lipinski definition) is 2. The van der Waals surface area contributed by atoms with E-state index in [-0.39, 0.29) is 0 Å². The number of hydrogen-bond donors (Lipinski definition) is 0. The van der Waals surface area contributed by atoms with Gasteiger partial charge in [-0.25, -0.2) is 9.97 Å². The smallest absolute Gasteiger partial charge is 0.136 e. The second-order valence-corrected chi connectivity index (χ2v) is 5.52. The average molecular weight is 273 g/mol. The summed E-state index contributed by atoms with van der Waals surface area (Å²) in [6.45, 7) is 2.12. The number of aromatic nitrogens is 2. The first-order valence-corrected chi connectivity index (χ1v) is 7.20. The van der Waals surface area contributed by atoms with Gasteiger partial charge in [-0.05, 0) is 43.7 Å². The Kier molecular flexibility index (Phi) is 3.52. The maximum absolute atomic E-state index is 6.30. The van der Waals surface area contributed by atoms with Crippen LogP contribution in [0.2, 0.25) is 5.15 Å². The van der Waals surface area contributed by atoms with Gasteiger partial charge in [-0.15, -0.1) is 0 Å². The highest BCUT2D eigenvalue weighted by Crippen LogP contribution is 2.26. The van der Waals surface area contributed by atoms with Crippen LogP contribution in [0.4, 0.5) is 0 Å². The van der Waals surface area contributed by atoms with E-state index in [2.05, 4.69) is 36.2 Å². The molecule has 2 nitrogen and oxygen atoms in total. The second-order valence-electron chi connectivity index (χ2n) is 5.17. The molecule has 98 valence electrons. The zero-order chi connectivity index (χ0) is 13.2. The number of aryl methyl sites for hydroxylation is 2. The van der Waals surface area contributed by atoms with E-state index in [1.807, 2.05) is 0 Å². The molecular formula is C16H17ClN2. The molecule has 0 saturated heterocycles. The molecule has 0 saturated carbocycles. The van der Waals surface area contributed by atoms with Gasteiger partial charge in [-0.3, -0.25) is 0 Å². The number of benzene rings is 1. The molecule has 19 heavy (non-hydrogen) atoms. The topological polar surface area (TPSA) is 25.8 Å². The van der Waals surface area contributed by atoms with Crippen LogP contribution in [0.5, 0.6) is 0 Å². The van der Waals surface area contributed by atoms with Gasteiger partial charge in [0.05, 0.1) is 0 Å². The molecule has 1 aromatic heterocycles. The van der Waals surface area contributed by atoms with Crippen LogP contribution in [0.1, 0.15) is 41.1 Å². The maximum Gasteiger partial charge on any atom is 0.136 e. The van der Waals surface area contributed by atoms with Gasteiger partial charge in [0.2, 0.25) is 0 Å². The quantitative estimate of drug-likeness (QED) is 0.775. The van der Waals surface area contributed by atoms with Crippen LogP contribution in [-0.2, 0) is 19.3 Å². The largest absolute Gasteiger partial charge is 0.237 e. The summed E-state index contributed by atoms with van der Waals surface area (Å²) in [5.41, 5.74) is 4.88. The van der Waals surface area contributed by atoms with Gasteiger partial charge in [0, 0.05) is 17.7 Å². The first-order chi connectivity index (χ1) is 9.24. The minimum atomic E-state index is 0.660. The molecule has 3 rings (SSSR count). The lowest BCUT2D eigenvalue weighted by molar-refractivity contribution is 0.655. The van der Waals surface area contributed by atoms with Gasteiger partial charge in [0.1, 0.15) is 11.0 Å². The van der Waals surface area contributed by atoms with E-state index < -0.39 is 0 Å². The molecule has 0 bridgehead atoms. The summed E-state index contributed by atoms with van der Waals surface area (Å²) in [5, 5.41) is 0.660. The lowest BCUT2D eigenvalue weighted by Crippen LogP contribution is -2.11. The normalized spacial score (nSPS) is 14.2. The molecule has 1 aliphatic rings. The van der Waals surface area contributed by atoms with Crippen molar-refractivity contribution in [2.45, 2.75) is 39.0 Å². The van der Waals surface area contributed by atoms with Gasteiger partial charge in [0.25, 0.3) is 0 Å². The second kappa shape index (κ2) is 5.30. The van der Waals surface area contributed by atoms with Crippen molar-refractivity contribution in [3.05, 3.63) is 57.6 Å². The molecule has 1 heterocycles. The fourth-order valence-corrected chi connectivity index (χ4v) is 2.96. The van der Waals surface area contributed by atoms with Gasteiger partial charge >= 0.3 is 0 Å². The summed E-state index contributed by atoms with van der Waals surface area (Å²) in [7, 11) is 0. The molecule has 0 atom stereocenters. The van der Waals surface area contributed by atoms with Gasteiger partial charge in [0.15, 0.2) is 0 Å². The summed E-state index contributed by atoms with van der Waals surface area (Å²) < 4.78 is 0. The van der Waals surface area contributed by atoms with Crippen LogP contribution in [0.25, 0.3) is 0 Å². The molecular weight excluding hydrogens is 256 g/mol. The molecule has 0 unspecified atom stereocenters. The van der Waals surface area contributed by atoms with Crippen LogP contribution in [0, 0.1) is 6.92 Å². The van der Waals surface area contributed by atoms with Gasteiger partial charge in [-0.1, -0.05) is 35.9 Å². The fraction of sp³-hybridized carbons (Fsp3) is 0.375. The van der Waals surface area contributed by atoms with E-state index in [0.717, 1.165) is 30.8 Å². The molecule has 0 aliphatic heterocycles. The Morgan fingerprint density at radius 2 is 1.89 bits per heavy atom. The summed E-state index contributed by atoms with van der Waals surface area (Å²) in [5.74, 6) is 0.847. The van der Waals surface area contributed by atoms with E-state index in [4.69, 9.17) is 16.6 Å². The summed E-state index contributed by atoms with van der Waals surface area (Å²) in [6.07, 6.45) is 5.24. The zero-order valence-corrected chi connectivity index (χ0v) is 11.9. The Hall–Kier alpha value is -1.41. The molecule has 0 radical (unpaired) electrons. The van der Waals surface area contributed by atoms with Crippen LogP contribution < -0.4 is 0 Å². The minimum absolute atomic E-state index is 0.660. The molecule has 3 heteroatoms.